The number of ether oxygens (including phenoxy) is 11. The van der Waals surface area contributed by atoms with E-state index in [9.17, 15) is 4.79 Å². The summed E-state index contributed by atoms with van der Waals surface area (Å²) in [5.74, 6) is 6.24. The van der Waals surface area contributed by atoms with E-state index in [0.717, 1.165) is 26.1 Å². The Morgan fingerprint density at radius 2 is 0.580 bits per heavy atom. The van der Waals surface area contributed by atoms with E-state index in [1.807, 2.05) is 125 Å². The van der Waals surface area contributed by atoms with Crippen molar-refractivity contribution >= 4 is 5.97 Å². The van der Waals surface area contributed by atoms with Crippen LogP contribution in [0.3, 0.4) is 0 Å². The monoisotopic (exact) mass is 995 g/mol. The summed E-state index contributed by atoms with van der Waals surface area (Å²) < 4.78 is 57.7. The highest BCUT2D eigenvalue weighted by Gasteiger charge is 2.14. The topological polar surface area (TPSA) is 179 Å². The number of carbonyl (C=O) groups is 1. The van der Waals surface area contributed by atoms with Gasteiger partial charge in [0.2, 0.25) is 0 Å². The smallest absolute Gasteiger partial charge is 0.302 e. The van der Waals surface area contributed by atoms with Gasteiger partial charge in [0.25, 0.3) is 0 Å². The minimum atomic E-state index is -0.778. The molecule has 0 heterocycles. The fourth-order valence-electron chi connectivity index (χ4n) is 3.41. The SMILES string of the molecule is C#CC(O)COC(C)(C)C.C#C[C@@H](O)COC(C)(C)C.C#C[C@H](O)COC(C)(C)C.CC(=O)OCCOC(C)(C)C.CCCOCCOCCOC(C)(C)C.CCCOCCOCCOC(C)(C)C. The zero-order valence-electron chi connectivity index (χ0n) is 47.7. The van der Waals surface area contributed by atoms with E-state index in [1.165, 1.54) is 6.92 Å². The van der Waals surface area contributed by atoms with E-state index in [4.69, 9.17) is 82.0 Å². The molecule has 3 atom stereocenters. The van der Waals surface area contributed by atoms with Crippen LogP contribution in [0.25, 0.3) is 0 Å². The van der Waals surface area contributed by atoms with Crippen LogP contribution in [0.4, 0.5) is 0 Å². The molecule has 15 heteroatoms. The molecule has 0 spiro atoms. The number of terminal acetylenes is 3. The summed E-state index contributed by atoms with van der Waals surface area (Å²) in [6.07, 6.45) is 14.6. The molecule has 0 aromatic heterocycles. The lowest BCUT2D eigenvalue weighted by molar-refractivity contribution is -0.144. The molecule has 0 saturated carbocycles. The van der Waals surface area contributed by atoms with E-state index in [2.05, 4.69) is 36.3 Å². The highest BCUT2D eigenvalue weighted by atomic mass is 16.6. The van der Waals surface area contributed by atoms with Crippen molar-refractivity contribution in [2.75, 3.05) is 99.1 Å². The fraction of sp³-hybridized carbons (Fsp3) is 0.870. The molecule has 15 nitrogen and oxygen atoms in total. The van der Waals surface area contributed by atoms with Crippen molar-refractivity contribution < 1.29 is 72.2 Å². The quantitative estimate of drug-likeness (QED) is 0.0452. The molecule has 0 fully saturated rings. The van der Waals surface area contributed by atoms with E-state index in [1.54, 1.807) is 0 Å². The number of hydrogen-bond acceptors (Lipinski definition) is 15. The third-order valence-electron chi connectivity index (χ3n) is 6.49. The summed E-state index contributed by atoms with van der Waals surface area (Å²) in [7, 11) is 0. The normalized spacial score (nSPS) is 12.9. The van der Waals surface area contributed by atoms with Crippen molar-refractivity contribution in [3.63, 3.8) is 0 Å². The first kappa shape index (κ1) is 78.1. The van der Waals surface area contributed by atoms with Gasteiger partial charge in [-0.3, -0.25) is 4.79 Å². The van der Waals surface area contributed by atoms with Gasteiger partial charge < -0.3 is 67.4 Å². The molecule has 0 amide bonds. The van der Waals surface area contributed by atoms with Crippen molar-refractivity contribution in [3.05, 3.63) is 0 Å². The molecular weight excluding hydrogens is 889 g/mol. The Labute approximate surface area is 423 Å². The molecule has 3 N–H and O–H groups in total. The van der Waals surface area contributed by atoms with Crippen LogP contribution < -0.4 is 0 Å². The van der Waals surface area contributed by atoms with Crippen molar-refractivity contribution in [1.29, 1.82) is 0 Å². The molecule has 0 aromatic rings. The van der Waals surface area contributed by atoms with Gasteiger partial charge in [-0.2, -0.15) is 0 Å². The molecule has 0 bridgehead atoms. The maximum absolute atomic E-state index is 10.3. The number of rotatable bonds is 25. The fourth-order valence-corrected chi connectivity index (χ4v) is 3.41. The third-order valence-corrected chi connectivity index (χ3v) is 6.49. The van der Waals surface area contributed by atoms with E-state index in [-0.39, 0.29) is 59.4 Å². The minimum absolute atomic E-state index is 0.0674. The molecule has 0 rings (SSSR count). The van der Waals surface area contributed by atoms with Crippen LogP contribution in [0.1, 0.15) is 158 Å². The molecule has 0 saturated heterocycles. The zero-order valence-corrected chi connectivity index (χ0v) is 47.7. The highest BCUT2D eigenvalue weighted by molar-refractivity contribution is 5.65. The second-order valence-electron chi connectivity index (χ2n) is 21.0. The average Bonchev–Trinajstić information content (AvgIpc) is 3.21. The third kappa shape index (κ3) is 99.7. The van der Waals surface area contributed by atoms with Crippen LogP contribution in [0.2, 0.25) is 0 Å². The van der Waals surface area contributed by atoms with Gasteiger partial charge in [0.1, 0.15) is 24.9 Å². The number of aliphatic hydroxyl groups excluding tert-OH is 3. The highest BCUT2D eigenvalue weighted by Crippen LogP contribution is 2.09. The second-order valence-corrected chi connectivity index (χ2v) is 21.0. The summed E-state index contributed by atoms with van der Waals surface area (Å²) in [6, 6.07) is 0. The summed E-state index contributed by atoms with van der Waals surface area (Å²) in [6.45, 7) is 49.3. The Hall–Kier alpha value is -2.37. The first-order valence-electron chi connectivity index (χ1n) is 24.1. The van der Waals surface area contributed by atoms with Crippen LogP contribution in [0.5, 0.6) is 0 Å². The molecule has 412 valence electrons. The maximum atomic E-state index is 10.3. The summed E-state index contributed by atoms with van der Waals surface area (Å²) in [5.41, 5.74) is -0.961. The number of esters is 1. The van der Waals surface area contributed by atoms with Gasteiger partial charge >= 0.3 is 5.97 Å². The van der Waals surface area contributed by atoms with E-state index >= 15 is 0 Å². The first-order valence-corrected chi connectivity index (χ1v) is 24.1. The molecule has 0 aliphatic heterocycles. The number of hydrogen-bond donors (Lipinski definition) is 3. The van der Waals surface area contributed by atoms with Gasteiger partial charge in [0, 0.05) is 20.1 Å². The van der Waals surface area contributed by atoms with Crippen LogP contribution in [-0.4, -0.2) is 172 Å². The van der Waals surface area contributed by atoms with Gasteiger partial charge in [-0.1, -0.05) is 31.6 Å². The lowest BCUT2D eigenvalue weighted by Gasteiger charge is -2.19. The molecule has 0 aliphatic rings. The van der Waals surface area contributed by atoms with Crippen molar-refractivity contribution in [2.24, 2.45) is 0 Å². The van der Waals surface area contributed by atoms with Gasteiger partial charge in [0.05, 0.1) is 113 Å². The largest absolute Gasteiger partial charge is 0.463 e. The van der Waals surface area contributed by atoms with Crippen LogP contribution in [-0.2, 0) is 56.9 Å². The average molecular weight is 995 g/mol. The van der Waals surface area contributed by atoms with E-state index < -0.39 is 18.3 Å². The second kappa shape index (κ2) is 46.7. The van der Waals surface area contributed by atoms with Crippen LogP contribution in [0.15, 0.2) is 0 Å². The zero-order chi connectivity index (χ0) is 55.2. The molecule has 0 aliphatic carbocycles. The maximum Gasteiger partial charge on any atom is 0.302 e. The minimum Gasteiger partial charge on any atom is -0.463 e. The molecular formula is C54H106O15. The lowest BCUT2D eigenvalue weighted by Crippen LogP contribution is -2.25. The summed E-state index contributed by atoms with van der Waals surface area (Å²) in [5, 5.41) is 26.6. The molecule has 0 radical (unpaired) electrons. The summed E-state index contributed by atoms with van der Waals surface area (Å²) >= 11 is 0. The Balaban J connectivity index is -0.000000174. The van der Waals surface area contributed by atoms with Gasteiger partial charge in [0.15, 0.2) is 0 Å². The predicted octanol–water partition coefficient (Wildman–Crippen LogP) is 8.24. The molecule has 1 unspecified atom stereocenters. The Kier molecular flexibility index (Phi) is 52.8. The standard InChI is InChI=1S/2C11H24O3.C8H16O3.3C8H14O2/c2*1-5-6-12-7-8-13-9-10-14-11(2,3)4;1-7(9)10-5-6-11-8(2,3)4;3*1-5-7(9)6-10-8(2,3)4/h2*5-10H2,1-4H3;5-6H2,1-4H3;3*1,7,9H,6H2,2-4H3/t;;;2*7-;/m...10./s1. The molecule has 0 aromatic carbocycles. The van der Waals surface area contributed by atoms with Crippen LogP contribution >= 0.6 is 0 Å². The molecule has 69 heavy (non-hydrogen) atoms. The van der Waals surface area contributed by atoms with Gasteiger partial charge in [-0.25, -0.2) is 0 Å². The van der Waals surface area contributed by atoms with Gasteiger partial charge in [-0.15, -0.1) is 19.3 Å². The van der Waals surface area contributed by atoms with Crippen molar-refractivity contribution in [3.8, 4) is 37.0 Å². The van der Waals surface area contributed by atoms with Crippen molar-refractivity contribution in [1.82, 2.24) is 0 Å². The Bertz CT molecular complexity index is 1130. The van der Waals surface area contributed by atoms with Crippen LogP contribution in [0, 0.1) is 37.0 Å². The number of aliphatic hydroxyl groups is 3. The Morgan fingerprint density at radius 3 is 0.768 bits per heavy atom. The summed E-state index contributed by atoms with van der Waals surface area (Å²) in [4.78, 5) is 10.3. The Morgan fingerprint density at radius 1 is 0.377 bits per heavy atom. The predicted molar refractivity (Wildman–Crippen MR) is 279 cm³/mol. The van der Waals surface area contributed by atoms with Gasteiger partial charge in [-0.05, 0) is 137 Å². The van der Waals surface area contributed by atoms with E-state index in [0.29, 0.717) is 66.1 Å². The van der Waals surface area contributed by atoms with Crippen molar-refractivity contribution in [2.45, 2.75) is 210 Å². The number of carbonyl (C=O) groups excluding carboxylic acids is 1. The first-order chi connectivity index (χ1) is 31.4. The lowest BCUT2D eigenvalue weighted by atomic mass is 10.2.